The van der Waals surface area contributed by atoms with Gasteiger partial charge in [0.05, 0.1) is 5.75 Å². The molecule has 3 aromatic rings. The minimum atomic E-state index is -0.417. The third-order valence-electron chi connectivity index (χ3n) is 2.96. The van der Waals surface area contributed by atoms with E-state index in [0.29, 0.717) is 21.7 Å². The van der Waals surface area contributed by atoms with E-state index in [2.05, 4.69) is 15.2 Å². The van der Waals surface area contributed by atoms with E-state index in [9.17, 15) is 4.79 Å². The van der Waals surface area contributed by atoms with Crippen molar-refractivity contribution in [2.24, 2.45) is 5.73 Å². The summed E-state index contributed by atoms with van der Waals surface area (Å²) in [5.41, 5.74) is 6.73. The first-order chi connectivity index (χ1) is 11.1. The van der Waals surface area contributed by atoms with Gasteiger partial charge in [-0.25, -0.2) is 0 Å². The van der Waals surface area contributed by atoms with Gasteiger partial charge in [-0.05, 0) is 36.4 Å². The number of carbonyl (C=O) groups excluding carboxylic acids is 1. The number of thioether (sulfide) groups is 1. The molecule has 2 N–H and O–H groups in total. The fraction of sp³-hybridized carbons (Fsp3) is 0.0667. The zero-order chi connectivity index (χ0) is 16.2. The molecule has 1 amide bonds. The van der Waals surface area contributed by atoms with Crippen LogP contribution in [0.4, 0.5) is 0 Å². The van der Waals surface area contributed by atoms with Crippen LogP contribution in [0.3, 0.4) is 0 Å². The maximum absolute atomic E-state index is 11.1. The predicted octanol–water partition coefficient (Wildman–Crippen LogP) is 2.56. The van der Waals surface area contributed by atoms with Gasteiger partial charge in [-0.15, -0.1) is 10.2 Å². The van der Waals surface area contributed by atoms with Gasteiger partial charge in [0.15, 0.2) is 11.0 Å². The van der Waals surface area contributed by atoms with E-state index in [0.717, 1.165) is 5.69 Å². The third kappa shape index (κ3) is 3.52. The molecule has 116 valence electrons. The molecule has 23 heavy (non-hydrogen) atoms. The molecule has 0 radical (unpaired) electrons. The standard InChI is InChI=1S/C15H12ClN5OS/c16-10-4-6-11(7-5-10)21-14(12-3-1-2-8-18-12)19-20-15(21)23-9-13(17)22/h1-8H,9H2,(H2,17,22). The topological polar surface area (TPSA) is 86.7 Å². The molecule has 1 aromatic carbocycles. The lowest BCUT2D eigenvalue weighted by molar-refractivity contribution is -0.115. The number of primary amides is 1. The van der Waals surface area contributed by atoms with E-state index in [1.54, 1.807) is 18.3 Å². The number of rotatable bonds is 5. The number of pyridine rings is 1. The molecule has 8 heteroatoms. The minimum absolute atomic E-state index is 0.119. The van der Waals surface area contributed by atoms with Crippen molar-refractivity contribution in [3.63, 3.8) is 0 Å². The summed E-state index contributed by atoms with van der Waals surface area (Å²) < 4.78 is 1.83. The van der Waals surface area contributed by atoms with Crippen molar-refractivity contribution in [3.8, 4) is 17.2 Å². The molecule has 0 aliphatic carbocycles. The highest BCUT2D eigenvalue weighted by atomic mass is 35.5. The van der Waals surface area contributed by atoms with E-state index in [4.69, 9.17) is 17.3 Å². The molecule has 2 heterocycles. The van der Waals surface area contributed by atoms with Crippen molar-refractivity contribution in [3.05, 3.63) is 53.7 Å². The molecule has 0 saturated heterocycles. The quantitative estimate of drug-likeness (QED) is 0.718. The first-order valence-corrected chi connectivity index (χ1v) is 8.05. The normalized spacial score (nSPS) is 10.7. The largest absolute Gasteiger partial charge is 0.369 e. The molecule has 0 aliphatic rings. The van der Waals surface area contributed by atoms with Crippen LogP contribution in [0.25, 0.3) is 17.2 Å². The number of amides is 1. The number of carbonyl (C=O) groups is 1. The Kier molecular flexibility index (Phi) is 4.59. The van der Waals surface area contributed by atoms with Gasteiger partial charge in [0.25, 0.3) is 0 Å². The van der Waals surface area contributed by atoms with E-state index in [1.165, 1.54) is 11.8 Å². The first-order valence-electron chi connectivity index (χ1n) is 6.69. The Labute approximate surface area is 141 Å². The van der Waals surface area contributed by atoms with Crippen LogP contribution in [0.15, 0.2) is 53.8 Å². The van der Waals surface area contributed by atoms with Crippen LogP contribution in [-0.4, -0.2) is 31.4 Å². The second-order valence-electron chi connectivity index (χ2n) is 4.59. The number of nitrogens with zero attached hydrogens (tertiary/aromatic N) is 4. The summed E-state index contributed by atoms with van der Waals surface area (Å²) in [7, 11) is 0. The summed E-state index contributed by atoms with van der Waals surface area (Å²) in [5.74, 6) is 0.286. The Bertz CT molecular complexity index is 820. The highest BCUT2D eigenvalue weighted by Gasteiger charge is 2.17. The van der Waals surface area contributed by atoms with Crippen LogP contribution in [0, 0.1) is 0 Å². The predicted molar refractivity (Wildman–Crippen MR) is 89.5 cm³/mol. The molecule has 3 rings (SSSR count). The fourth-order valence-corrected chi connectivity index (χ4v) is 2.80. The second-order valence-corrected chi connectivity index (χ2v) is 5.97. The Balaban J connectivity index is 2.10. The summed E-state index contributed by atoms with van der Waals surface area (Å²) >= 11 is 7.18. The SMILES string of the molecule is NC(=O)CSc1nnc(-c2ccccn2)n1-c1ccc(Cl)cc1. The van der Waals surface area contributed by atoms with Crippen LogP contribution in [0.2, 0.25) is 5.02 Å². The summed E-state index contributed by atoms with van der Waals surface area (Å²) in [6.45, 7) is 0. The average molecular weight is 346 g/mol. The van der Waals surface area contributed by atoms with Gasteiger partial charge >= 0.3 is 0 Å². The summed E-state index contributed by atoms with van der Waals surface area (Å²) in [4.78, 5) is 15.4. The number of aromatic nitrogens is 4. The smallest absolute Gasteiger partial charge is 0.227 e. The number of benzene rings is 1. The monoisotopic (exact) mass is 345 g/mol. The molecule has 0 unspecified atom stereocenters. The van der Waals surface area contributed by atoms with Gasteiger partial charge in [0.2, 0.25) is 5.91 Å². The van der Waals surface area contributed by atoms with Crippen LogP contribution in [0.5, 0.6) is 0 Å². The van der Waals surface area contributed by atoms with Crippen molar-refractivity contribution < 1.29 is 4.79 Å². The number of halogens is 1. The van der Waals surface area contributed by atoms with Gasteiger partial charge in [-0.2, -0.15) is 0 Å². The second kappa shape index (κ2) is 6.80. The van der Waals surface area contributed by atoms with E-state index >= 15 is 0 Å². The van der Waals surface area contributed by atoms with Crippen molar-refractivity contribution in [1.29, 1.82) is 0 Å². The van der Waals surface area contributed by atoms with E-state index in [1.807, 2.05) is 34.9 Å². The van der Waals surface area contributed by atoms with E-state index in [-0.39, 0.29) is 5.75 Å². The van der Waals surface area contributed by atoms with Crippen molar-refractivity contribution in [1.82, 2.24) is 19.7 Å². The molecule has 0 bridgehead atoms. The molecule has 0 fully saturated rings. The summed E-state index contributed by atoms with van der Waals surface area (Å²) in [5, 5.41) is 9.56. The van der Waals surface area contributed by atoms with Crippen LogP contribution in [0.1, 0.15) is 0 Å². The molecule has 0 atom stereocenters. The summed E-state index contributed by atoms with van der Waals surface area (Å²) in [6, 6.07) is 12.8. The van der Waals surface area contributed by atoms with Gasteiger partial charge in [-0.3, -0.25) is 14.3 Å². The van der Waals surface area contributed by atoms with Crippen LogP contribution >= 0.6 is 23.4 Å². The lowest BCUT2D eigenvalue weighted by Crippen LogP contribution is -2.13. The average Bonchev–Trinajstić information content (AvgIpc) is 2.98. The number of hydrogen-bond acceptors (Lipinski definition) is 5. The molecular weight excluding hydrogens is 334 g/mol. The Morgan fingerprint density at radius 2 is 1.96 bits per heavy atom. The molecule has 2 aromatic heterocycles. The Morgan fingerprint density at radius 1 is 1.17 bits per heavy atom. The molecule has 0 saturated carbocycles. The van der Waals surface area contributed by atoms with Gasteiger partial charge in [-0.1, -0.05) is 29.4 Å². The molecular formula is C15H12ClN5OS. The van der Waals surface area contributed by atoms with Gasteiger partial charge in [0, 0.05) is 16.9 Å². The molecule has 0 aliphatic heterocycles. The lowest BCUT2D eigenvalue weighted by Gasteiger charge is -2.09. The maximum atomic E-state index is 11.1. The highest BCUT2D eigenvalue weighted by molar-refractivity contribution is 7.99. The van der Waals surface area contributed by atoms with Crippen LogP contribution < -0.4 is 5.73 Å². The maximum Gasteiger partial charge on any atom is 0.227 e. The third-order valence-corrected chi connectivity index (χ3v) is 4.16. The Hall–Kier alpha value is -2.38. The number of nitrogens with two attached hydrogens (primary N) is 1. The number of hydrogen-bond donors (Lipinski definition) is 1. The lowest BCUT2D eigenvalue weighted by atomic mass is 10.3. The van der Waals surface area contributed by atoms with E-state index < -0.39 is 5.91 Å². The zero-order valence-corrected chi connectivity index (χ0v) is 13.5. The fourth-order valence-electron chi connectivity index (χ4n) is 1.98. The summed E-state index contributed by atoms with van der Waals surface area (Å²) in [6.07, 6.45) is 1.69. The van der Waals surface area contributed by atoms with Crippen molar-refractivity contribution in [2.75, 3.05) is 5.75 Å². The zero-order valence-electron chi connectivity index (χ0n) is 11.9. The van der Waals surface area contributed by atoms with Crippen molar-refractivity contribution >= 4 is 29.3 Å². The van der Waals surface area contributed by atoms with Crippen LogP contribution in [-0.2, 0) is 4.79 Å². The van der Waals surface area contributed by atoms with Crippen molar-refractivity contribution in [2.45, 2.75) is 5.16 Å². The Morgan fingerprint density at radius 3 is 2.61 bits per heavy atom. The molecule has 6 nitrogen and oxygen atoms in total. The highest BCUT2D eigenvalue weighted by Crippen LogP contribution is 2.27. The minimum Gasteiger partial charge on any atom is -0.369 e. The van der Waals surface area contributed by atoms with Gasteiger partial charge < -0.3 is 5.73 Å². The van der Waals surface area contributed by atoms with Gasteiger partial charge in [0.1, 0.15) is 5.69 Å². The molecule has 0 spiro atoms. The first kappa shape index (κ1) is 15.5.